The zero-order valence-corrected chi connectivity index (χ0v) is 22.3. The second kappa shape index (κ2) is 10.2. The summed E-state index contributed by atoms with van der Waals surface area (Å²) in [6.45, 7) is 1.94. The lowest BCUT2D eigenvalue weighted by Crippen LogP contribution is -2.56. The van der Waals surface area contributed by atoms with Crippen molar-refractivity contribution in [3.05, 3.63) is 72.3 Å². The molecule has 3 amide bonds. The largest absolute Gasteiger partial charge is 0.497 e. The number of carbonyl (C=O) groups is 3. The zero-order chi connectivity index (χ0) is 27.1. The fraction of sp³-hybridized carbons (Fsp3) is 0.452. The number of benzene rings is 2. The molecule has 6 atom stereocenters. The fourth-order valence-electron chi connectivity index (χ4n) is 6.94. The van der Waals surface area contributed by atoms with Crippen molar-refractivity contribution in [2.24, 2.45) is 11.8 Å². The Balaban J connectivity index is 1.33. The third kappa shape index (κ3) is 4.31. The van der Waals surface area contributed by atoms with Gasteiger partial charge in [-0.15, -0.1) is 0 Å². The van der Waals surface area contributed by atoms with Crippen molar-refractivity contribution in [1.82, 2.24) is 10.2 Å². The number of fused-ring (bicyclic) bond motifs is 1. The van der Waals surface area contributed by atoms with Crippen molar-refractivity contribution in [2.75, 3.05) is 12.4 Å². The Morgan fingerprint density at radius 3 is 2.44 bits per heavy atom. The molecule has 2 aromatic rings. The van der Waals surface area contributed by atoms with Crippen molar-refractivity contribution in [1.29, 1.82) is 0 Å². The third-order valence-electron chi connectivity index (χ3n) is 8.87. The Labute approximate surface area is 228 Å². The summed E-state index contributed by atoms with van der Waals surface area (Å²) in [5.41, 5.74) is 0.342. The molecule has 1 saturated carbocycles. The van der Waals surface area contributed by atoms with Crippen molar-refractivity contribution < 1.29 is 23.9 Å². The number of ether oxygens (including phenoxy) is 2. The average molecular weight is 530 g/mol. The number of hydrogen-bond acceptors (Lipinski definition) is 5. The lowest BCUT2D eigenvalue weighted by Gasteiger charge is -2.37. The highest BCUT2D eigenvalue weighted by molar-refractivity contribution is 6.03. The van der Waals surface area contributed by atoms with Gasteiger partial charge in [0.15, 0.2) is 0 Å². The lowest BCUT2D eigenvalue weighted by atomic mass is 9.74. The first-order chi connectivity index (χ1) is 18.9. The van der Waals surface area contributed by atoms with Gasteiger partial charge < -0.3 is 25.0 Å². The maximum Gasteiger partial charge on any atom is 0.246 e. The van der Waals surface area contributed by atoms with Crippen LogP contribution in [0.3, 0.4) is 0 Å². The van der Waals surface area contributed by atoms with E-state index in [9.17, 15) is 14.4 Å². The van der Waals surface area contributed by atoms with Gasteiger partial charge in [0.25, 0.3) is 0 Å². The lowest BCUT2D eigenvalue weighted by molar-refractivity contribution is -0.143. The normalized spacial score (nSPS) is 30.2. The molecule has 0 unspecified atom stereocenters. The molecule has 3 heterocycles. The molecule has 1 aliphatic carbocycles. The molecule has 0 radical (unpaired) electrons. The molecule has 1 spiro atoms. The van der Waals surface area contributed by atoms with Gasteiger partial charge in [-0.1, -0.05) is 61.7 Å². The van der Waals surface area contributed by atoms with E-state index < -0.39 is 29.6 Å². The highest BCUT2D eigenvalue weighted by Crippen LogP contribution is 2.56. The minimum atomic E-state index is -1.19. The van der Waals surface area contributed by atoms with Crippen molar-refractivity contribution >= 4 is 23.4 Å². The van der Waals surface area contributed by atoms with Crippen LogP contribution < -0.4 is 15.4 Å². The molecule has 2 bridgehead atoms. The fourth-order valence-corrected chi connectivity index (χ4v) is 6.94. The van der Waals surface area contributed by atoms with Gasteiger partial charge in [-0.2, -0.15) is 0 Å². The molecule has 8 nitrogen and oxygen atoms in total. The second-order valence-electron chi connectivity index (χ2n) is 11.1. The summed E-state index contributed by atoms with van der Waals surface area (Å²) < 4.78 is 11.7. The molecule has 2 saturated heterocycles. The number of nitrogens with one attached hydrogen (secondary N) is 2. The van der Waals surface area contributed by atoms with E-state index in [1.165, 1.54) is 6.42 Å². The minimum absolute atomic E-state index is 0.0856. The highest BCUT2D eigenvalue weighted by Gasteiger charge is 2.73. The molecule has 6 rings (SSSR count). The van der Waals surface area contributed by atoms with E-state index in [0.29, 0.717) is 11.4 Å². The summed E-state index contributed by atoms with van der Waals surface area (Å²) in [5, 5.41) is 6.20. The van der Waals surface area contributed by atoms with Gasteiger partial charge in [-0.05, 0) is 49.6 Å². The molecule has 2 aromatic carbocycles. The van der Waals surface area contributed by atoms with Gasteiger partial charge in [0.1, 0.15) is 17.4 Å². The van der Waals surface area contributed by atoms with E-state index in [1.807, 2.05) is 49.4 Å². The van der Waals surface area contributed by atoms with Crippen molar-refractivity contribution in [3.63, 3.8) is 0 Å². The van der Waals surface area contributed by atoms with Gasteiger partial charge in [0.2, 0.25) is 17.7 Å². The standard InChI is InChI=1S/C31H35N3O5/c1-19(20-9-5-3-6-10-20)34-27(29(36)33-21-11-7-4-8-12-21)31-18-17-24(39-31)25(26(31)30(34)37)28(35)32-22-13-15-23(38-2)16-14-22/h3,5-6,9-10,13-19,21,24-27H,4,7-8,11-12H2,1-2H3,(H,32,35)(H,33,36)/t19-,24-,25+,26-,27-,31-/m0/s1. The van der Waals surface area contributed by atoms with Crippen molar-refractivity contribution in [2.45, 2.75) is 68.9 Å². The Kier molecular flexibility index (Phi) is 6.67. The average Bonchev–Trinajstić information content (AvgIpc) is 3.61. The molecule has 0 aromatic heterocycles. The van der Waals surface area contributed by atoms with Gasteiger partial charge in [0.05, 0.1) is 31.1 Å². The van der Waals surface area contributed by atoms with Crippen LogP contribution in [-0.2, 0) is 19.1 Å². The van der Waals surface area contributed by atoms with Crippen LogP contribution in [0.2, 0.25) is 0 Å². The van der Waals surface area contributed by atoms with Crippen LogP contribution in [0.1, 0.15) is 50.6 Å². The Morgan fingerprint density at radius 2 is 1.74 bits per heavy atom. The molecule has 204 valence electrons. The van der Waals surface area contributed by atoms with E-state index in [2.05, 4.69) is 10.6 Å². The van der Waals surface area contributed by atoms with Crippen LogP contribution in [0, 0.1) is 11.8 Å². The monoisotopic (exact) mass is 529 g/mol. The zero-order valence-electron chi connectivity index (χ0n) is 22.3. The van der Waals surface area contributed by atoms with Crippen LogP contribution in [0.5, 0.6) is 5.75 Å². The van der Waals surface area contributed by atoms with Crippen molar-refractivity contribution in [3.8, 4) is 5.75 Å². The van der Waals surface area contributed by atoms with Crippen LogP contribution in [-0.4, -0.2) is 53.5 Å². The molecule has 8 heteroatoms. The number of likely N-dealkylation sites (tertiary alicyclic amines) is 1. The highest BCUT2D eigenvalue weighted by atomic mass is 16.5. The predicted molar refractivity (Wildman–Crippen MR) is 146 cm³/mol. The summed E-state index contributed by atoms with van der Waals surface area (Å²) in [7, 11) is 1.58. The van der Waals surface area contributed by atoms with E-state index in [0.717, 1.165) is 31.2 Å². The van der Waals surface area contributed by atoms with E-state index in [-0.39, 0.29) is 29.8 Å². The molecular formula is C31H35N3O5. The van der Waals surface area contributed by atoms with Gasteiger partial charge in [-0.25, -0.2) is 0 Å². The Bertz CT molecular complexity index is 1270. The van der Waals surface area contributed by atoms with E-state index in [1.54, 1.807) is 36.3 Å². The second-order valence-corrected chi connectivity index (χ2v) is 11.1. The molecule has 2 N–H and O–H groups in total. The summed E-state index contributed by atoms with van der Waals surface area (Å²) in [6.07, 6.45) is 8.34. The first-order valence-electron chi connectivity index (χ1n) is 13.9. The van der Waals surface area contributed by atoms with E-state index >= 15 is 0 Å². The molecule has 4 aliphatic rings. The number of rotatable bonds is 7. The number of carbonyl (C=O) groups excluding carboxylic acids is 3. The molecule has 39 heavy (non-hydrogen) atoms. The quantitative estimate of drug-likeness (QED) is 0.529. The van der Waals surface area contributed by atoms with E-state index in [4.69, 9.17) is 9.47 Å². The van der Waals surface area contributed by atoms with Crippen LogP contribution in [0.15, 0.2) is 66.7 Å². The molecule has 3 fully saturated rings. The third-order valence-corrected chi connectivity index (χ3v) is 8.87. The van der Waals surface area contributed by atoms with Crippen LogP contribution >= 0.6 is 0 Å². The number of hydrogen-bond donors (Lipinski definition) is 2. The minimum Gasteiger partial charge on any atom is -0.497 e. The number of nitrogens with zero attached hydrogens (tertiary/aromatic N) is 1. The molecule has 3 aliphatic heterocycles. The van der Waals surface area contributed by atoms with Crippen LogP contribution in [0.25, 0.3) is 0 Å². The maximum absolute atomic E-state index is 14.3. The van der Waals surface area contributed by atoms with Crippen LogP contribution in [0.4, 0.5) is 5.69 Å². The number of amides is 3. The smallest absolute Gasteiger partial charge is 0.246 e. The Morgan fingerprint density at radius 1 is 1.03 bits per heavy atom. The summed E-state index contributed by atoms with van der Waals surface area (Å²) in [4.78, 5) is 43.6. The SMILES string of the molecule is COc1ccc(NC(=O)[C@@H]2[C@@H]3C=C[C@]4(O3)[C@@H]2C(=O)N([C@@H](C)c2ccccc2)[C@H]4C(=O)NC2CCCCC2)cc1. The van der Waals surface area contributed by atoms with Gasteiger partial charge >= 0.3 is 0 Å². The maximum atomic E-state index is 14.3. The number of anilines is 1. The summed E-state index contributed by atoms with van der Waals surface area (Å²) in [6, 6.07) is 15.6. The summed E-state index contributed by atoms with van der Waals surface area (Å²) >= 11 is 0. The Hall–Kier alpha value is -3.65. The number of methoxy groups -OCH3 is 1. The topological polar surface area (TPSA) is 97.0 Å². The molecular weight excluding hydrogens is 494 g/mol. The van der Waals surface area contributed by atoms with Gasteiger partial charge in [0, 0.05) is 11.7 Å². The first-order valence-corrected chi connectivity index (χ1v) is 13.9. The first kappa shape index (κ1) is 25.6. The predicted octanol–water partition coefficient (Wildman–Crippen LogP) is 3.99. The summed E-state index contributed by atoms with van der Waals surface area (Å²) in [5.74, 6) is -1.59. The van der Waals surface area contributed by atoms with Gasteiger partial charge in [-0.3, -0.25) is 14.4 Å².